The third-order valence-corrected chi connectivity index (χ3v) is 3.21. The summed E-state index contributed by atoms with van der Waals surface area (Å²) >= 11 is 0. The molecule has 0 saturated carbocycles. The van der Waals surface area contributed by atoms with Crippen LogP contribution in [-0.4, -0.2) is 18.6 Å². The van der Waals surface area contributed by atoms with Crippen LogP contribution < -0.4 is 10.1 Å². The van der Waals surface area contributed by atoms with E-state index >= 15 is 0 Å². The topological polar surface area (TPSA) is 34.2 Å². The zero-order valence-corrected chi connectivity index (χ0v) is 11.5. The molecule has 2 rings (SSSR count). The Morgan fingerprint density at radius 3 is 2.67 bits per heavy atom. The van der Waals surface area contributed by atoms with Gasteiger partial charge in [-0.15, -0.1) is 0 Å². The number of hydrogen-bond acceptors (Lipinski definition) is 3. The zero-order chi connectivity index (χ0) is 13.1. The van der Waals surface area contributed by atoms with Crippen molar-refractivity contribution in [2.75, 3.05) is 19.0 Å². The molecule has 0 aliphatic carbocycles. The lowest BCUT2D eigenvalue weighted by molar-refractivity contribution is 0.415. The molecule has 0 saturated heterocycles. The Labute approximate surface area is 108 Å². The maximum absolute atomic E-state index is 5.30. The third-order valence-electron chi connectivity index (χ3n) is 3.21. The van der Waals surface area contributed by atoms with Gasteiger partial charge in [-0.3, -0.25) is 4.98 Å². The van der Waals surface area contributed by atoms with Gasteiger partial charge in [0.05, 0.1) is 12.6 Å². The molecule has 1 aromatic carbocycles. The fourth-order valence-corrected chi connectivity index (χ4v) is 2.34. The number of anilines is 1. The minimum Gasteiger partial charge on any atom is -0.497 e. The SMILES string of the molecule is CCNc1c(CC)c(C)nc2ccc(OC)cc12. The van der Waals surface area contributed by atoms with Crippen molar-refractivity contribution < 1.29 is 4.74 Å². The highest BCUT2D eigenvalue weighted by atomic mass is 16.5. The standard InChI is InChI=1S/C15H20N2O/c1-5-12-10(3)17-14-8-7-11(18-4)9-13(14)15(12)16-6-2/h7-9H,5-6H2,1-4H3,(H,16,17). The molecule has 1 heterocycles. The highest BCUT2D eigenvalue weighted by Crippen LogP contribution is 2.31. The van der Waals surface area contributed by atoms with Crippen molar-refractivity contribution in [3.05, 3.63) is 29.5 Å². The van der Waals surface area contributed by atoms with Gasteiger partial charge in [-0.1, -0.05) is 6.92 Å². The summed E-state index contributed by atoms with van der Waals surface area (Å²) in [7, 11) is 1.69. The van der Waals surface area contributed by atoms with Gasteiger partial charge in [0, 0.05) is 23.3 Å². The molecule has 0 spiro atoms. The molecule has 3 nitrogen and oxygen atoms in total. The average Bonchev–Trinajstić information content (AvgIpc) is 2.38. The van der Waals surface area contributed by atoms with Gasteiger partial charge in [-0.2, -0.15) is 0 Å². The lowest BCUT2D eigenvalue weighted by atomic mass is 10.0. The summed E-state index contributed by atoms with van der Waals surface area (Å²) in [5.41, 5.74) is 4.60. The van der Waals surface area contributed by atoms with Crippen LogP contribution in [0.25, 0.3) is 10.9 Å². The van der Waals surface area contributed by atoms with Gasteiger partial charge in [0.1, 0.15) is 5.75 Å². The second-order valence-electron chi connectivity index (χ2n) is 4.32. The number of ether oxygens (including phenoxy) is 1. The van der Waals surface area contributed by atoms with Crippen molar-refractivity contribution >= 4 is 16.6 Å². The fourth-order valence-electron chi connectivity index (χ4n) is 2.34. The van der Waals surface area contributed by atoms with Gasteiger partial charge < -0.3 is 10.1 Å². The number of aromatic nitrogens is 1. The van der Waals surface area contributed by atoms with Gasteiger partial charge in [0.2, 0.25) is 0 Å². The van der Waals surface area contributed by atoms with Crippen LogP contribution in [0.15, 0.2) is 18.2 Å². The van der Waals surface area contributed by atoms with Gasteiger partial charge in [-0.05, 0) is 44.0 Å². The van der Waals surface area contributed by atoms with E-state index < -0.39 is 0 Å². The monoisotopic (exact) mass is 244 g/mol. The van der Waals surface area contributed by atoms with Crippen molar-refractivity contribution in [3.63, 3.8) is 0 Å². The van der Waals surface area contributed by atoms with Crippen LogP contribution in [0.2, 0.25) is 0 Å². The van der Waals surface area contributed by atoms with Crippen LogP contribution in [0.1, 0.15) is 25.1 Å². The summed E-state index contributed by atoms with van der Waals surface area (Å²) < 4.78 is 5.30. The van der Waals surface area contributed by atoms with Crippen LogP contribution in [0.5, 0.6) is 5.75 Å². The normalized spacial score (nSPS) is 10.7. The minimum absolute atomic E-state index is 0.870. The molecule has 18 heavy (non-hydrogen) atoms. The quantitative estimate of drug-likeness (QED) is 0.893. The second-order valence-corrected chi connectivity index (χ2v) is 4.32. The predicted molar refractivity (Wildman–Crippen MR) is 76.6 cm³/mol. The third kappa shape index (κ3) is 2.13. The number of methoxy groups -OCH3 is 1. The number of nitrogens with one attached hydrogen (secondary N) is 1. The summed E-state index contributed by atoms with van der Waals surface area (Å²) in [6, 6.07) is 6.02. The number of fused-ring (bicyclic) bond motifs is 1. The first kappa shape index (κ1) is 12.7. The maximum atomic E-state index is 5.30. The maximum Gasteiger partial charge on any atom is 0.119 e. The highest BCUT2D eigenvalue weighted by molar-refractivity contribution is 5.94. The smallest absolute Gasteiger partial charge is 0.119 e. The summed E-state index contributed by atoms with van der Waals surface area (Å²) in [4.78, 5) is 4.67. The molecule has 0 radical (unpaired) electrons. The first-order chi connectivity index (χ1) is 8.71. The van der Waals surface area contributed by atoms with E-state index in [9.17, 15) is 0 Å². The number of benzene rings is 1. The molecular weight excluding hydrogens is 224 g/mol. The molecule has 3 heteroatoms. The molecule has 0 unspecified atom stereocenters. The van der Waals surface area contributed by atoms with E-state index in [1.165, 1.54) is 11.3 Å². The fraction of sp³-hybridized carbons (Fsp3) is 0.400. The van der Waals surface area contributed by atoms with E-state index in [-0.39, 0.29) is 0 Å². The molecule has 0 aliphatic heterocycles. The summed E-state index contributed by atoms with van der Waals surface area (Å²) in [6.07, 6.45) is 0.980. The largest absolute Gasteiger partial charge is 0.497 e. The Hall–Kier alpha value is -1.77. The first-order valence-corrected chi connectivity index (χ1v) is 6.42. The summed E-state index contributed by atoms with van der Waals surface area (Å²) in [6.45, 7) is 7.25. The molecule has 1 N–H and O–H groups in total. The Morgan fingerprint density at radius 1 is 1.28 bits per heavy atom. The van der Waals surface area contributed by atoms with Crippen LogP contribution in [0.3, 0.4) is 0 Å². The van der Waals surface area contributed by atoms with Crippen LogP contribution in [0, 0.1) is 6.92 Å². The zero-order valence-electron chi connectivity index (χ0n) is 11.5. The number of nitrogens with zero attached hydrogens (tertiary/aromatic N) is 1. The first-order valence-electron chi connectivity index (χ1n) is 6.42. The van der Waals surface area contributed by atoms with Crippen molar-refractivity contribution in [1.29, 1.82) is 0 Å². The molecule has 2 aromatic rings. The van der Waals surface area contributed by atoms with E-state index in [4.69, 9.17) is 4.74 Å². The second kappa shape index (κ2) is 5.25. The Morgan fingerprint density at radius 2 is 2.06 bits per heavy atom. The van der Waals surface area contributed by atoms with E-state index in [1.807, 2.05) is 12.1 Å². The minimum atomic E-state index is 0.870. The molecule has 0 bridgehead atoms. The summed E-state index contributed by atoms with van der Waals surface area (Å²) in [5, 5.41) is 4.60. The van der Waals surface area contributed by atoms with E-state index in [0.29, 0.717) is 0 Å². The number of pyridine rings is 1. The molecule has 1 aromatic heterocycles. The van der Waals surface area contributed by atoms with E-state index in [2.05, 4.69) is 37.1 Å². The number of rotatable bonds is 4. The molecule has 96 valence electrons. The number of aryl methyl sites for hydroxylation is 1. The molecular formula is C15H20N2O. The Kier molecular flexibility index (Phi) is 3.70. The van der Waals surface area contributed by atoms with Crippen molar-refractivity contribution in [2.24, 2.45) is 0 Å². The van der Waals surface area contributed by atoms with Gasteiger partial charge >= 0.3 is 0 Å². The Bertz CT molecular complexity index is 564. The highest BCUT2D eigenvalue weighted by Gasteiger charge is 2.11. The Balaban J connectivity index is 2.75. The van der Waals surface area contributed by atoms with Crippen LogP contribution in [-0.2, 0) is 6.42 Å². The average molecular weight is 244 g/mol. The molecule has 0 amide bonds. The van der Waals surface area contributed by atoms with E-state index in [0.717, 1.165) is 35.3 Å². The van der Waals surface area contributed by atoms with Gasteiger partial charge in [0.25, 0.3) is 0 Å². The molecule has 0 aliphatic rings. The lowest BCUT2D eigenvalue weighted by Crippen LogP contribution is -2.05. The molecule has 0 fully saturated rings. The molecule has 0 atom stereocenters. The predicted octanol–water partition coefficient (Wildman–Crippen LogP) is 3.55. The number of hydrogen-bond donors (Lipinski definition) is 1. The summed E-state index contributed by atoms with van der Waals surface area (Å²) in [5.74, 6) is 0.870. The lowest BCUT2D eigenvalue weighted by Gasteiger charge is -2.15. The van der Waals surface area contributed by atoms with Crippen LogP contribution >= 0.6 is 0 Å². The van der Waals surface area contributed by atoms with E-state index in [1.54, 1.807) is 7.11 Å². The van der Waals surface area contributed by atoms with Crippen molar-refractivity contribution in [2.45, 2.75) is 27.2 Å². The van der Waals surface area contributed by atoms with Crippen LogP contribution in [0.4, 0.5) is 5.69 Å². The van der Waals surface area contributed by atoms with Gasteiger partial charge in [0.15, 0.2) is 0 Å². The van der Waals surface area contributed by atoms with Crippen molar-refractivity contribution in [3.8, 4) is 5.75 Å². The van der Waals surface area contributed by atoms with Crippen molar-refractivity contribution in [1.82, 2.24) is 4.98 Å². The van der Waals surface area contributed by atoms with Gasteiger partial charge in [-0.25, -0.2) is 0 Å².